The Morgan fingerprint density at radius 1 is 1.04 bits per heavy atom. The fraction of sp³-hybridized carbons (Fsp3) is 0.682. The molecule has 1 amide bonds. The highest BCUT2D eigenvalue weighted by Gasteiger charge is 2.53. The Bertz CT molecular complexity index is 583. The Labute approximate surface area is 146 Å². The maximum atomic E-state index is 13.1. The lowest BCUT2D eigenvalue weighted by molar-refractivity contribution is -0.130. The van der Waals surface area contributed by atoms with E-state index in [0.29, 0.717) is 11.5 Å². The van der Waals surface area contributed by atoms with Crippen molar-refractivity contribution in [3.63, 3.8) is 0 Å². The predicted octanol–water partition coefficient (Wildman–Crippen LogP) is 4.69. The van der Waals surface area contributed by atoms with Gasteiger partial charge < -0.3 is 5.32 Å². The van der Waals surface area contributed by atoms with Crippen molar-refractivity contribution in [1.29, 1.82) is 0 Å². The van der Waals surface area contributed by atoms with Gasteiger partial charge in [-0.1, -0.05) is 30.3 Å². The van der Waals surface area contributed by atoms with Crippen molar-refractivity contribution in [2.45, 2.75) is 70.8 Å². The highest BCUT2D eigenvalue weighted by atomic mass is 16.2. The quantitative estimate of drug-likeness (QED) is 0.855. The standard InChI is InChI=1S/C22H31NO/c1-15(22-12-16-9-17(13-22)11-18(10-16)14-22)23-20(24)21(2,3)19-7-5-4-6-8-19/h4-8,15-18H,9-14H2,1-3H3,(H,23,24)/t15-,16?,17?,18?,22?/m0/s1. The van der Waals surface area contributed by atoms with Crippen LogP contribution in [-0.4, -0.2) is 11.9 Å². The van der Waals surface area contributed by atoms with Crippen LogP contribution in [0.1, 0.15) is 64.9 Å². The molecule has 2 heteroatoms. The monoisotopic (exact) mass is 325 g/mol. The van der Waals surface area contributed by atoms with Crippen LogP contribution in [0.25, 0.3) is 0 Å². The number of amides is 1. The maximum absolute atomic E-state index is 13.1. The van der Waals surface area contributed by atoms with E-state index in [2.05, 4.69) is 24.4 Å². The van der Waals surface area contributed by atoms with Gasteiger partial charge in [-0.05, 0) is 88.0 Å². The second-order valence-corrected chi connectivity index (χ2v) is 9.47. The zero-order valence-electron chi connectivity index (χ0n) is 15.3. The first-order valence-corrected chi connectivity index (χ1v) is 9.75. The first-order chi connectivity index (χ1) is 11.4. The van der Waals surface area contributed by atoms with Crippen LogP contribution in [0.3, 0.4) is 0 Å². The fourth-order valence-corrected chi connectivity index (χ4v) is 6.22. The van der Waals surface area contributed by atoms with E-state index in [4.69, 9.17) is 0 Å². The van der Waals surface area contributed by atoms with Crippen molar-refractivity contribution >= 4 is 5.91 Å². The summed E-state index contributed by atoms with van der Waals surface area (Å²) in [5, 5.41) is 3.44. The normalized spacial score (nSPS) is 35.7. The summed E-state index contributed by atoms with van der Waals surface area (Å²) in [5.41, 5.74) is 0.995. The van der Waals surface area contributed by atoms with Gasteiger partial charge in [-0.2, -0.15) is 0 Å². The molecule has 0 saturated heterocycles. The summed E-state index contributed by atoms with van der Waals surface area (Å²) >= 11 is 0. The Morgan fingerprint density at radius 3 is 2.04 bits per heavy atom. The summed E-state index contributed by atoms with van der Waals surface area (Å²) < 4.78 is 0. The second-order valence-electron chi connectivity index (χ2n) is 9.47. The lowest BCUT2D eigenvalue weighted by Crippen LogP contribution is -2.57. The lowest BCUT2D eigenvalue weighted by atomic mass is 9.48. The van der Waals surface area contributed by atoms with Crippen LogP contribution in [0.15, 0.2) is 30.3 Å². The molecule has 4 aliphatic carbocycles. The zero-order chi connectivity index (χ0) is 16.9. The van der Waals surface area contributed by atoms with Gasteiger partial charge in [0.25, 0.3) is 0 Å². The van der Waals surface area contributed by atoms with Gasteiger partial charge in [-0.15, -0.1) is 0 Å². The van der Waals surface area contributed by atoms with Crippen molar-refractivity contribution < 1.29 is 4.79 Å². The topological polar surface area (TPSA) is 29.1 Å². The Morgan fingerprint density at radius 2 is 1.54 bits per heavy atom. The van der Waals surface area contributed by atoms with Crippen LogP contribution < -0.4 is 5.32 Å². The van der Waals surface area contributed by atoms with Crippen LogP contribution >= 0.6 is 0 Å². The zero-order valence-corrected chi connectivity index (χ0v) is 15.3. The number of nitrogens with one attached hydrogen (secondary N) is 1. The minimum absolute atomic E-state index is 0.178. The molecule has 0 aromatic heterocycles. The molecule has 0 radical (unpaired) electrons. The molecule has 1 atom stereocenters. The van der Waals surface area contributed by atoms with Crippen LogP contribution in [-0.2, 0) is 10.2 Å². The molecule has 0 spiro atoms. The van der Waals surface area contributed by atoms with Crippen molar-refractivity contribution in [2.24, 2.45) is 23.2 Å². The fourth-order valence-electron chi connectivity index (χ4n) is 6.22. The van der Waals surface area contributed by atoms with Crippen molar-refractivity contribution in [3.05, 3.63) is 35.9 Å². The molecule has 4 fully saturated rings. The highest BCUT2D eigenvalue weighted by Crippen LogP contribution is 2.61. The smallest absolute Gasteiger partial charge is 0.230 e. The molecule has 5 rings (SSSR count). The van der Waals surface area contributed by atoms with Gasteiger partial charge in [-0.3, -0.25) is 4.79 Å². The average molecular weight is 325 g/mol. The number of hydrogen-bond acceptors (Lipinski definition) is 1. The van der Waals surface area contributed by atoms with E-state index in [1.807, 2.05) is 32.0 Å². The van der Waals surface area contributed by atoms with Crippen LogP contribution in [0.2, 0.25) is 0 Å². The van der Waals surface area contributed by atoms with E-state index in [1.165, 1.54) is 38.5 Å². The van der Waals surface area contributed by atoms with Crippen molar-refractivity contribution in [2.75, 3.05) is 0 Å². The van der Waals surface area contributed by atoms with Gasteiger partial charge in [0.15, 0.2) is 0 Å². The predicted molar refractivity (Wildman–Crippen MR) is 97.7 cm³/mol. The molecule has 2 nitrogen and oxygen atoms in total. The first kappa shape index (κ1) is 16.2. The van der Waals surface area contributed by atoms with E-state index in [9.17, 15) is 4.79 Å². The summed E-state index contributed by atoms with van der Waals surface area (Å²) in [4.78, 5) is 13.1. The van der Waals surface area contributed by atoms with Crippen molar-refractivity contribution in [1.82, 2.24) is 5.32 Å². The summed E-state index contributed by atoms with van der Waals surface area (Å²) in [5.74, 6) is 2.96. The number of benzene rings is 1. The second kappa shape index (κ2) is 5.61. The Kier molecular flexibility index (Phi) is 3.78. The highest BCUT2D eigenvalue weighted by molar-refractivity contribution is 5.87. The molecule has 4 saturated carbocycles. The van der Waals surface area contributed by atoms with E-state index < -0.39 is 5.41 Å². The minimum Gasteiger partial charge on any atom is -0.352 e. The molecule has 0 aliphatic heterocycles. The molecule has 4 bridgehead atoms. The molecule has 1 aromatic rings. The lowest BCUT2D eigenvalue weighted by Gasteiger charge is -2.59. The average Bonchev–Trinajstić information content (AvgIpc) is 2.54. The van der Waals surface area contributed by atoms with Gasteiger partial charge in [0.2, 0.25) is 5.91 Å². The van der Waals surface area contributed by atoms with Crippen LogP contribution in [0.5, 0.6) is 0 Å². The third-order valence-electron chi connectivity index (χ3n) is 7.41. The van der Waals surface area contributed by atoms with Crippen molar-refractivity contribution in [3.8, 4) is 0 Å². The molecule has 130 valence electrons. The molecular weight excluding hydrogens is 294 g/mol. The number of carbonyl (C=O) groups is 1. The van der Waals surface area contributed by atoms with Gasteiger partial charge in [0, 0.05) is 6.04 Å². The summed E-state index contributed by atoms with van der Waals surface area (Å²) in [6.07, 6.45) is 8.38. The molecule has 4 aliphatic rings. The van der Waals surface area contributed by atoms with Gasteiger partial charge in [-0.25, -0.2) is 0 Å². The summed E-state index contributed by atoms with van der Waals surface area (Å²) in [6.45, 7) is 6.36. The third kappa shape index (κ3) is 2.59. The SMILES string of the molecule is C[C@H](NC(=O)C(C)(C)c1ccccc1)C12CC3CC(CC(C3)C1)C2. The van der Waals surface area contributed by atoms with Crippen LogP contribution in [0, 0.1) is 23.2 Å². The molecular formula is C22H31NO. The van der Waals surface area contributed by atoms with E-state index in [-0.39, 0.29) is 5.91 Å². The molecule has 24 heavy (non-hydrogen) atoms. The Hall–Kier alpha value is -1.31. The number of carbonyl (C=O) groups excluding carboxylic acids is 1. The summed E-state index contributed by atoms with van der Waals surface area (Å²) in [7, 11) is 0. The Balaban J connectivity index is 1.50. The van der Waals surface area contributed by atoms with Gasteiger partial charge in [0.1, 0.15) is 0 Å². The molecule has 1 N–H and O–H groups in total. The van der Waals surface area contributed by atoms with E-state index in [1.54, 1.807) is 0 Å². The molecule has 0 unspecified atom stereocenters. The van der Waals surface area contributed by atoms with E-state index >= 15 is 0 Å². The van der Waals surface area contributed by atoms with Crippen LogP contribution in [0.4, 0.5) is 0 Å². The maximum Gasteiger partial charge on any atom is 0.230 e. The summed E-state index contributed by atoms with van der Waals surface area (Å²) in [6, 6.07) is 10.5. The minimum atomic E-state index is -0.474. The van der Waals surface area contributed by atoms with Gasteiger partial charge in [0.05, 0.1) is 5.41 Å². The van der Waals surface area contributed by atoms with Gasteiger partial charge >= 0.3 is 0 Å². The largest absolute Gasteiger partial charge is 0.352 e. The van der Waals surface area contributed by atoms with E-state index in [0.717, 1.165) is 23.3 Å². The third-order valence-corrected chi connectivity index (χ3v) is 7.41. The first-order valence-electron chi connectivity index (χ1n) is 9.75. The number of rotatable bonds is 4. The molecule has 1 aromatic carbocycles. The molecule has 0 heterocycles. The number of hydrogen-bond donors (Lipinski definition) is 1.